The number of carbonyl (C=O) groups excluding carboxylic acids is 1. The first kappa shape index (κ1) is 9.23. The van der Waals surface area contributed by atoms with Crippen LogP contribution in [-0.2, 0) is 0 Å². The Labute approximate surface area is 76.3 Å². The predicted molar refractivity (Wildman–Crippen MR) is 49.6 cm³/mol. The zero-order chi connectivity index (χ0) is 9.14. The molecule has 0 spiro atoms. The lowest BCUT2D eigenvalue weighted by Gasteiger charge is -2.03. The van der Waals surface area contributed by atoms with Crippen LogP contribution in [0.5, 0.6) is 0 Å². The van der Waals surface area contributed by atoms with Crippen molar-refractivity contribution in [3.8, 4) is 0 Å². The van der Waals surface area contributed by atoms with E-state index in [1.807, 2.05) is 13.0 Å². The van der Waals surface area contributed by atoms with Crippen LogP contribution in [0.2, 0.25) is 5.02 Å². The SMILES string of the molecule is Cc1cccc(C(=O)CN)c1Cl. The van der Waals surface area contributed by atoms with Crippen molar-refractivity contribution in [3.05, 3.63) is 34.3 Å². The second-order valence-corrected chi connectivity index (χ2v) is 2.94. The van der Waals surface area contributed by atoms with Crippen LogP contribution in [0.3, 0.4) is 0 Å². The molecule has 3 heteroatoms. The van der Waals surface area contributed by atoms with Gasteiger partial charge >= 0.3 is 0 Å². The standard InChI is InChI=1S/C9H10ClNO/c1-6-3-2-4-7(9(6)10)8(12)5-11/h2-4H,5,11H2,1H3. The summed E-state index contributed by atoms with van der Waals surface area (Å²) in [6, 6.07) is 5.34. The first-order valence-corrected chi connectivity index (χ1v) is 4.03. The number of rotatable bonds is 2. The largest absolute Gasteiger partial charge is 0.324 e. The van der Waals surface area contributed by atoms with Gasteiger partial charge in [0.25, 0.3) is 0 Å². The third-order valence-electron chi connectivity index (χ3n) is 1.68. The highest BCUT2D eigenvalue weighted by Gasteiger charge is 2.08. The number of Topliss-reactive ketones (excluding diaryl/α,β-unsaturated/α-hetero) is 1. The second-order valence-electron chi connectivity index (χ2n) is 2.56. The molecule has 0 aliphatic heterocycles. The molecule has 0 aliphatic rings. The van der Waals surface area contributed by atoms with Crippen molar-refractivity contribution in [2.24, 2.45) is 5.73 Å². The summed E-state index contributed by atoms with van der Waals surface area (Å²) in [4.78, 5) is 11.2. The minimum Gasteiger partial charge on any atom is -0.324 e. The van der Waals surface area contributed by atoms with Gasteiger partial charge in [-0.2, -0.15) is 0 Å². The van der Waals surface area contributed by atoms with Gasteiger partial charge in [0.05, 0.1) is 11.6 Å². The zero-order valence-corrected chi connectivity index (χ0v) is 7.56. The fourth-order valence-corrected chi connectivity index (χ4v) is 1.20. The normalized spacial score (nSPS) is 9.92. The Morgan fingerprint density at radius 2 is 2.25 bits per heavy atom. The van der Waals surface area contributed by atoms with Gasteiger partial charge in [-0.25, -0.2) is 0 Å². The minimum atomic E-state index is -0.122. The molecule has 2 N–H and O–H groups in total. The van der Waals surface area contributed by atoms with Crippen LogP contribution >= 0.6 is 11.6 Å². The highest BCUT2D eigenvalue weighted by Crippen LogP contribution is 2.20. The van der Waals surface area contributed by atoms with Crippen LogP contribution in [0.4, 0.5) is 0 Å². The van der Waals surface area contributed by atoms with Gasteiger partial charge in [0.1, 0.15) is 0 Å². The van der Waals surface area contributed by atoms with Crippen LogP contribution in [0.15, 0.2) is 18.2 Å². The summed E-state index contributed by atoms with van der Waals surface area (Å²) in [5.74, 6) is -0.122. The van der Waals surface area contributed by atoms with Crippen LogP contribution < -0.4 is 5.73 Å². The van der Waals surface area contributed by atoms with E-state index in [1.54, 1.807) is 12.1 Å². The monoisotopic (exact) mass is 183 g/mol. The number of hydrogen-bond acceptors (Lipinski definition) is 2. The van der Waals surface area contributed by atoms with Crippen molar-refractivity contribution in [3.63, 3.8) is 0 Å². The lowest BCUT2D eigenvalue weighted by molar-refractivity contribution is 0.100. The summed E-state index contributed by atoms with van der Waals surface area (Å²) in [5, 5.41) is 0.507. The van der Waals surface area contributed by atoms with Gasteiger partial charge < -0.3 is 5.73 Å². The molecule has 0 fully saturated rings. The third-order valence-corrected chi connectivity index (χ3v) is 2.18. The van der Waals surface area contributed by atoms with Gasteiger partial charge in [-0.05, 0) is 18.6 Å². The van der Waals surface area contributed by atoms with Crippen LogP contribution in [0.25, 0.3) is 0 Å². The van der Waals surface area contributed by atoms with Crippen molar-refractivity contribution in [1.82, 2.24) is 0 Å². The molecule has 0 bridgehead atoms. The van der Waals surface area contributed by atoms with Gasteiger partial charge in [0.2, 0.25) is 0 Å². The Morgan fingerprint density at radius 3 is 2.83 bits per heavy atom. The third kappa shape index (κ3) is 1.65. The summed E-state index contributed by atoms with van der Waals surface area (Å²) >= 11 is 5.89. The molecule has 0 saturated carbocycles. The van der Waals surface area contributed by atoms with E-state index in [9.17, 15) is 4.79 Å². The molecule has 1 aromatic carbocycles. The molecule has 0 radical (unpaired) electrons. The van der Waals surface area contributed by atoms with Crippen molar-refractivity contribution in [2.45, 2.75) is 6.92 Å². The molecule has 0 amide bonds. The molecular formula is C9H10ClNO. The van der Waals surface area contributed by atoms with Gasteiger partial charge in [-0.3, -0.25) is 4.79 Å². The van der Waals surface area contributed by atoms with E-state index >= 15 is 0 Å². The predicted octanol–water partition coefficient (Wildman–Crippen LogP) is 1.79. The first-order valence-electron chi connectivity index (χ1n) is 3.65. The van der Waals surface area contributed by atoms with Crippen molar-refractivity contribution in [1.29, 1.82) is 0 Å². The molecule has 0 unspecified atom stereocenters. The van der Waals surface area contributed by atoms with E-state index in [4.69, 9.17) is 17.3 Å². The highest BCUT2D eigenvalue weighted by molar-refractivity contribution is 6.34. The summed E-state index contributed by atoms with van der Waals surface area (Å²) in [7, 11) is 0. The minimum absolute atomic E-state index is 0.00315. The van der Waals surface area contributed by atoms with E-state index < -0.39 is 0 Å². The fraction of sp³-hybridized carbons (Fsp3) is 0.222. The summed E-state index contributed by atoms with van der Waals surface area (Å²) in [6.45, 7) is 1.86. The van der Waals surface area contributed by atoms with Crippen molar-refractivity contribution < 1.29 is 4.79 Å². The molecule has 64 valence electrons. The highest BCUT2D eigenvalue weighted by atomic mass is 35.5. The van der Waals surface area contributed by atoms with Crippen LogP contribution in [0, 0.1) is 6.92 Å². The molecule has 2 nitrogen and oxygen atoms in total. The maximum absolute atomic E-state index is 11.2. The molecule has 0 heterocycles. The Hall–Kier alpha value is -0.860. The molecule has 1 aromatic rings. The first-order chi connectivity index (χ1) is 5.66. The maximum Gasteiger partial charge on any atom is 0.177 e. The zero-order valence-electron chi connectivity index (χ0n) is 6.80. The van der Waals surface area contributed by atoms with E-state index in [-0.39, 0.29) is 12.3 Å². The molecule has 0 aromatic heterocycles. The van der Waals surface area contributed by atoms with E-state index in [2.05, 4.69) is 0 Å². The molecular weight excluding hydrogens is 174 g/mol. The molecule has 1 rings (SSSR count). The smallest absolute Gasteiger partial charge is 0.177 e. The molecule has 0 saturated heterocycles. The summed E-state index contributed by atoms with van der Waals surface area (Å²) in [5.41, 5.74) is 6.63. The van der Waals surface area contributed by atoms with Crippen molar-refractivity contribution in [2.75, 3.05) is 6.54 Å². The second kappa shape index (κ2) is 3.70. The number of hydrogen-bond donors (Lipinski definition) is 1. The quantitative estimate of drug-likeness (QED) is 0.711. The average Bonchev–Trinajstić information content (AvgIpc) is 2.08. The number of benzene rings is 1. The Morgan fingerprint density at radius 1 is 1.58 bits per heavy atom. The van der Waals surface area contributed by atoms with Gasteiger partial charge in [-0.1, -0.05) is 23.7 Å². The Kier molecular flexibility index (Phi) is 2.84. The fourth-order valence-electron chi connectivity index (χ4n) is 0.973. The number of ketones is 1. The Bertz CT molecular complexity index is 309. The van der Waals surface area contributed by atoms with Crippen LogP contribution in [-0.4, -0.2) is 12.3 Å². The Balaban J connectivity index is 3.16. The number of aryl methyl sites for hydroxylation is 1. The van der Waals surface area contributed by atoms with Crippen molar-refractivity contribution >= 4 is 17.4 Å². The van der Waals surface area contributed by atoms with Gasteiger partial charge in [-0.15, -0.1) is 0 Å². The topological polar surface area (TPSA) is 43.1 Å². The van der Waals surface area contributed by atoms with E-state index in [1.165, 1.54) is 0 Å². The van der Waals surface area contributed by atoms with E-state index in [0.29, 0.717) is 10.6 Å². The number of nitrogens with two attached hydrogens (primary N) is 1. The summed E-state index contributed by atoms with van der Waals surface area (Å²) in [6.07, 6.45) is 0. The van der Waals surface area contributed by atoms with Crippen LogP contribution in [0.1, 0.15) is 15.9 Å². The molecule has 12 heavy (non-hydrogen) atoms. The van der Waals surface area contributed by atoms with Gasteiger partial charge in [0.15, 0.2) is 5.78 Å². The number of halogens is 1. The average molecular weight is 184 g/mol. The van der Waals surface area contributed by atoms with E-state index in [0.717, 1.165) is 5.56 Å². The lowest BCUT2D eigenvalue weighted by atomic mass is 10.1. The lowest BCUT2D eigenvalue weighted by Crippen LogP contribution is -2.14. The number of carbonyl (C=O) groups is 1. The summed E-state index contributed by atoms with van der Waals surface area (Å²) < 4.78 is 0. The molecule has 0 atom stereocenters. The molecule has 0 aliphatic carbocycles. The van der Waals surface area contributed by atoms with Gasteiger partial charge in [0, 0.05) is 5.56 Å². The maximum atomic E-state index is 11.2.